The third-order valence-electron chi connectivity index (χ3n) is 6.61. The van der Waals surface area contributed by atoms with Gasteiger partial charge in [0.25, 0.3) is 11.5 Å². The fourth-order valence-electron chi connectivity index (χ4n) is 4.77. The van der Waals surface area contributed by atoms with Gasteiger partial charge >= 0.3 is 0 Å². The van der Waals surface area contributed by atoms with Gasteiger partial charge in [0.2, 0.25) is 0 Å². The number of thiophene rings is 1. The highest BCUT2D eigenvalue weighted by atomic mass is 32.1. The van der Waals surface area contributed by atoms with Gasteiger partial charge < -0.3 is 14.5 Å². The van der Waals surface area contributed by atoms with Gasteiger partial charge in [0.1, 0.15) is 23.0 Å². The van der Waals surface area contributed by atoms with Crippen molar-refractivity contribution in [3.63, 3.8) is 0 Å². The average molecular weight is 526 g/mol. The molecule has 38 heavy (non-hydrogen) atoms. The van der Waals surface area contributed by atoms with Crippen molar-refractivity contribution in [2.24, 2.45) is 0 Å². The molecule has 1 aliphatic heterocycles. The summed E-state index contributed by atoms with van der Waals surface area (Å²) in [6.45, 7) is 8.11. The number of ether oxygens (including phenoxy) is 1. The molecule has 192 valence electrons. The molecule has 1 aromatic carbocycles. The highest BCUT2D eigenvalue weighted by Gasteiger charge is 2.29. The van der Waals surface area contributed by atoms with Crippen molar-refractivity contribution in [2.75, 3.05) is 37.7 Å². The zero-order valence-electron chi connectivity index (χ0n) is 21.1. The predicted molar refractivity (Wildman–Crippen MR) is 149 cm³/mol. The van der Waals surface area contributed by atoms with E-state index in [4.69, 9.17) is 15.0 Å². The summed E-state index contributed by atoms with van der Waals surface area (Å²) in [5.41, 5.74) is 3.03. The molecule has 5 rings (SSSR count). The number of carbonyl (C=O) groups excluding carboxylic acids is 1. The Morgan fingerprint density at radius 2 is 1.87 bits per heavy atom. The molecule has 0 N–H and O–H groups in total. The van der Waals surface area contributed by atoms with Crippen LogP contribution < -0.4 is 10.5 Å². The second-order valence-corrected chi connectivity index (χ2v) is 10.00. The third-order valence-corrected chi connectivity index (χ3v) is 7.47. The monoisotopic (exact) mass is 525 g/mol. The molecule has 1 aliphatic rings. The van der Waals surface area contributed by atoms with Gasteiger partial charge in [-0.15, -0.1) is 11.3 Å². The standard InChI is InChI=1S/C29H27N5O3S/c1-20-10-11-23-26(32-13-15-33(16-14-32)28(35)24-9-6-18-38-24)25(21(2)37-17-12-30)29(36)34(27(23)31-20)19-22-7-4-3-5-8-22/h3-11,18H,2,13-17,19H2,1H3. The van der Waals surface area contributed by atoms with Crippen LogP contribution in [0.1, 0.15) is 26.5 Å². The van der Waals surface area contributed by atoms with E-state index >= 15 is 0 Å². The second kappa shape index (κ2) is 10.9. The number of amides is 1. The number of hydrogen-bond acceptors (Lipinski definition) is 7. The Bertz CT molecular complexity index is 1580. The van der Waals surface area contributed by atoms with Crippen LogP contribution in [0.15, 0.2) is 71.4 Å². The summed E-state index contributed by atoms with van der Waals surface area (Å²) < 4.78 is 7.24. The molecule has 4 heterocycles. The van der Waals surface area contributed by atoms with E-state index in [2.05, 4.69) is 11.5 Å². The number of piperazine rings is 1. The molecule has 0 bridgehead atoms. The Morgan fingerprint density at radius 3 is 2.55 bits per heavy atom. The predicted octanol–water partition coefficient (Wildman–Crippen LogP) is 4.29. The summed E-state index contributed by atoms with van der Waals surface area (Å²) >= 11 is 1.43. The van der Waals surface area contributed by atoms with Crippen LogP contribution in [0.3, 0.4) is 0 Å². The molecule has 3 aromatic heterocycles. The molecular weight excluding hydrogens is 498 g/mol. The van der Waals surface area contributed by atoms with Crippen molar-refractivity contribution >= 4 is 39.7 Å². The third kappa shape index (κ3) is 4.91. The van der Waals surface area contributed by atoms with Crippen molar-refractivity contribution < 1.29 is 9.53 Å². The fraction of sp³-hybridized carbons (Fsp3) is 0.241. The molecule has 1 fully saturated rings. The second-order valence-electron chi connectivity index (χ2n) is 9.05. The van der Waals surface area contributed by atoms with Crippen molar-refractivity contribution in [3.8, 4) is 6.07 Å². The molecule has 1 saturated heterocycles. The first-order chi connectivity index (χ1) is 18.5. The zero-order chi connectivity index (χ0) is 26.6. The van der Waals surface area contributed by atoms with Crippen LogP contribution in [0.4, 0.5) is 5.69 Å². The topological polar surface area (TPSA) is 91.5 Å². The van der Waals surface area contributed by atoms with Crippen LogP contribution in [0, 0.1) is 18.3 Å². The normalized spacial score (nSPS) is 13.4. The number of hydrogen-bond donors (Lipinski definition) is 0. The van der Waals surface area contributed by atoms with E-state index in [1.165, 1.54) is 11.3 Å². The fourth-order valence-corrected chi connectivity index (χ4v) is 5.46. The van der Waals surface area contributed by atoms with E-state index in [9.17, 15) is 9.59 Å². The Morgan fingerprint density at radius 1 is 1.11 bits per heavy atom. The van der Waals surface area contributed by atoms with E-state index in [1.54, 1.807) is 4.57 Å². The maximum absolute atomic E-state index is 14.1. The average Bonchev–Trinajstić information content (AvgIpc) is 3.48. The lowest BCUT2D eigenvalue weighted by molar-refractivity contribution is 0.0751. The summed E-state index contributed by atoms with van der Waals surface area (Å²) in [7, 11) is 0. The number of nitriles is 1. The highest BCUT2D eigenvalue weighted by molar-refractivity contribution is 7.12. The number of benzene rings is 1. The maximum atomic E-state index is 14.1. The van der Waals surface area contributed by atoms with Gasteiger partial charge in [-0.1, -0.05) is 43.0 Å². The maximum Gasteiger partial charge on any atom is 0.265 e. The van der Waals surface area contributed by atoms with Gasteiger partial charge in [-0.2, -0.15) is 5.26 Å². The number of aromatic nitrogens is 2. The lowest BCUT2D eigenvalue weighted by Gasteiger charge is -2.37. The number of pyridine rings is 2. The van der Waals surface area contributed by atoms with Crippen molar-refractivity contribution in [2.45, 2.75) is 13.5 Å². The lowest BCUT2D eigenvalue weighted by atomic mass is 10.1. The Kier molecular flexibility index (Phi) is 7.24. The van der Waals surface area contributed by atoms with E-state index in [0.29, 0.717) is 54.5 Å². The number of rotatable bonds is 7. The highest BCUT2D eigenvalue weighted by Crippen LogP contribution is 2.33. The SMILES string of the molecule is C=C(OCC#N)c1c(N2CCN(C(=O)c3cccs3)CC2)c2ccc(C)nc2n(Cc2ccccc2)c1=O. The minimum absolute atomic E-state index is 0.0158. The quantitative estimate of drug-likeness (QED) is 0.335. The van der Waals surface area contributed by atoms with Crippen LogP contribution in [-0.2, 0) is 11.3 Å². The Labute approximate surface area is 224 Å². The van der Waals surface area contributed by atoms with Crippen molar-refractivity contribution in [3.05, 3.63) is 98.6 Å². The number of carbonyl (C=O) groups is 1. The molecule has 0 atom stereocenters. The van der Waals surface area contributed by atoms with Crippen LogP contribution in [-0.4, -0.2) is 53.1 Å². The first-order valence-electron chi connectivity index (χ1n) is 12.3. The minimum Gasteiger partial charge on any atom is -0.478 e. The number of anilines is 1. The number of nitrogens with zero attached hydrogens (tertiary/aromatic N) is 5. The summed E-state index contributed by atoms with van der Waals surface area (Å²) in [5.74, 6) is 0.162. The molecular formula is C29H27N5O3S. The molecule has 0 aliphatic carbocycles. The minimum atomic E-state index is -0.283. The van der Waals surface area contributed by atoms with Gasteiger partial charge in [-0.05, 0) is 36.1 Å². The van der Waals surface area contributed by atoms with Gasteiger partial charge in [-0.3, -0.25) is 14.2 Å². The van der Waals surface area contributed by atoms with Crippen molar-refractivity contribution in [1.29, 1.82) is 5.26 Å². The van der Waals surface area contributed by atoms with Crippen LogP contribution >= 0.6 is 11.3 Å². The summed E-state index contributed by atoms with van der Waals surface area (Å²) in [6, 6.07) is 19.3. The number of fused-ring (bicyclic) bond motifs is 1. The molecule has 0 unspecified atom stereocenters. The van der Waals surface area contributed by atoms with Gasteiger partial charge in [0.05, 0.1) is 17.1 Å². The van der Waals surface area contributed by atoms with E-state index in [0.717, 1.165) is 16.6 Å². The summed E-state index contributed by atoms with van der Waals surface area (Å²) in [4.78, 5) is 36.4. The summed E-state index contributed by atoms with van der Waals surface area (Å²) in [5, 5.41) is 11.8. The lowest BCUT2D eigenvalue weighted by Crippen LogP contribution is -2.49. The molecule has 0 spiro atoms. The number of aryl methyl sites for hydroxylation is 1. The molecule has 4 aromatic rings. The largest absolute Gasteiger partial charge is 0.478 e. The van der Waals surface area contributed by atoms with E-state index in [1.807, 2.05) is 77.9 Å². The van der Waals surface area contributed by atoms with Crippen molar-refractivity contribution in [1.82, 2.24) is 14.5 Å². The van der Waals surface area contributed by atoms with E-state index in [-0.39, 0.29) is 23.8 Å². The van der Waals surface area contributed by atoms with Gasteiger partial charge in [0.15, 0.2) is 6.61 Å². The molecule has 9 heteroatoms. The van der Waals surface area contributed by atoms with Gasteiger partial charge in [-0.25, -0.2) is 4.98 Å². The molecule has 8 nitrogen and oxygen atoms in total. The van der Waals surface area contributed by atoms with Crippen LogP contribution in [0.5, 0.6) is 0 Å². The first-order valence-corrected chi connectivity index (χ1v) is 13.2. The molecule has 1 amide bonds. The smallest absolute Gasteiger partial charge is 0.265 e. The summed E-state index contributed by atoms with van der Waals surface area (Å²) in [6.07, 6.45) is 0. The Hall–Kier alpha value is -4.42. The van der Waals surface area contributed by atoms with Crippen LogP contribution in [0.2, 0.25) is 0 Å². The zero-order valence-corrected chi connectivity index (χ0v) is 21.9. The molecule has 0 radical (unpaired) electrons. The first kappa shape index (κ1) is 25.2. The Balaban J connectivity index is 1.60. The van der Waals surface area contributed by atoms with Crippen LogP contribution in [0.25, 0.3) is 16.8 Å². The van der Waals surface area contributed by atoms with Gasteiger partial charge in [0, 0.05) is 37.3 Å². The van der Waals surface area contributed by atoms with E-state index < -0.39 is 0 Å². The molecule has 0 saturated carbocycles.